The number of hydrogen-bond donors (Lipinski definition) is 0. The van der Waals surface area contributed by atoms with Crippen molar-refractivity contribution in [2.24, 2.45) is 0 Å². The monoisotopic (exact) mass is 266 g/mol. The summed E-state index contributed by atoms with van der Waals surface area (Å²) in [5, 5.41) is 2.77. The average Bonchev–Trinajstić information content (AvgIpc) is 3.07. The fraction of sp³-hybridized carbons (Fsp3) is 0.0476. The number of rotatable bonds is 0. The van der Waals surface area contributed by atoms with Crippen molar-refractivity contribution < 1.29 is 0 Å². The van der Waals surface area contributed by atoms with Crippen LogP contribution in [-0.2, 0) is 0 Å². The smallest absolute Gasteiger partial charge is 0.0291 e. The lowest BCUT2D eigenvalue weighted by Gasteiger charge is -2.28. The third-order valence-electron chi connectivity index (χ3n) is 4.70. The Balaban J connectivity index is 1.89. The van der Waals surface area contributed by atoms with Gasteiger partial charge in [-0.25, -0.2) is 0 Å². The van der Waals surface area contributed by atoms with Crippen LogP contribution in [0.3, 0.4) is 0 Å². The molecular formula is C21H14. The van der Waals surface area contributed by atoms with Gasteiger partial charge in [0.25, 0.3) is 0 Å². The van der Waals surface area contributed by atoms with Gasteiger partial charge in [-0.3, -0.25) is 0 Å². The van der Waals surface area contributed by atoms with E-state index < -0.39 is 0 Å². The summed E-state index contributed by atoms with van der Waals surface area (Å²) in [6.07, 6.45) is 17.8. The average molecular weight is 266 g/mol. The van der Waals surface area contributed by atoms with Crippen molar-refractivity contribution in [2.45, 2.75) is 5.92 Å². The zero-order valence-corrected chi connectivity index (χ0v) is 11.6. The molecule has 21 heavy (non-hydrogen) atoms. The molecule has 0 saturated carbocycles. The van der Waals surface area contributed by atoms with Crippen LogP contribution in [0, 0.1) is 0 Å². The predicted molar refractivity (Wildman–Crippen MR) is 90.1 cm³/mol. The van der Waals surface area contributed by atoms with E-state index in [2.05, 4.69) is 78.9 Å². The molecule has 0 spiro atoms. The van der Waals surface area contributed by atoms with Gasteiger partial charge in [-0.15, -0.1) is 0 Å². The van der Waals surface area contributed by atoms with Crippen molar-refractivity contribution >= 4 is 22.9 Å². The van der Waals surface area contributed by atoms with E-state index in [1.54, 1.807) is 0 Å². The van der Waals surface area contributed by atoms with Crippen LogP contribution < -0.4 is 0 Å². The van der Waals surface area contributed by atoms with Gasteiger partial charge in [0.2, 0.25) is 0 Å². The lowest BCUT2D eigenvalue weighted by Crippen LogP contribution is -2.10. The molecule has 0 amide bonds. The molecule has 0 aromatic heterocycles. The maximum absolute atomic E-state index is 2.35. The maximum Gasteiger partial charge on any atom is 0.0291 e. The van der Waals surface area contributed by atoms with Gasteiger partial charge in [-0.1, -0.05) is 78.9 Å². The minimum Gasteiger partial charge on any atom is -0.0720 e. The predicted octanol–water partition coefficient (Wildman–Crippen LogP) is 5.40. The van der Waals surface area contributed by atoms with E-state index in [1.165, 1.54) is 38.6 Å². The lowest BCUT2D eigenvalue weighted by molar-refractivity contribution is 1.01. The fourth-order valence-electron chi connectivity index (χ4n) is 3.75. The highest BCUT2D eigenvalue weighted by Gasteiger charge is 2.26. The highest BCUT2D eigenvalue weighted by atomic mass is 14.3. The topological polar surface area (TPSA) is 0 Å². The van der Waals surface area contributed by atoms with Crippen LogP contribution in [0.5, 0.6) is 0 Å². The van der Waals surface area contributed by atoms with E-state index in [9.17, 15) is 0 Å². The van der Waals surface area contributed by atoms with E-state index in [0.717, 1.165) is 0 Å². The van der Waals surface area contributed by atoms with Gasteiger partial charge in [-0.05, 0) is 38.6 Å². The first-order valence-electron chi connectivity index (χ1n) is 7.43. The zero-order valence-electron chi connectivity index (χ0n) is 11.6. The molecule has 0 aliphatic heterocycles. The van der Waals surface area contributed by atoms with Crippen LogP contribution in [0.4, 0.5) is 0 Å². The van der Waals surface area contributed by atoms with Gasteiger partial charge in [0.05, 0.1) is 0 Å². The van der Waals surface area contributed by atoms with Crippen molar-refractivity contribution in [3.8, 4) is 0 Å². The fourth-order valence-corrected chi connectivity index (χ4v) is 3.75. The Morgan fingerprint density at radius 2 is 1.62 bits per heavy atom. The van der Waals surface area contributed by atoms with Gasteiger partial charge in [0, 0.05) is 5.92 Å². The van der Waals surface area contributed by atoms with Crippen LogP contribution in [0.2, 0.25) is 0 Å². The van der Waals surface area contributed by atoms with Crippen molar-refractivity contribution in [3.63, 3.8) is 0 Å². The first-order valence-corrected chi connectivity index (χ1v) is 7.43. The van der Waals surface area contributed by atoms with Crippen LogP contribution in [0.1, 0.15) is 22.6 Å². The molecule has 98 valence electrons. The summed E-state index contributed by atoms with van der Waals surface area (Å²) < 4.78 is 0. The summed E-state index contributed by atoms with van der Waals surface area (Å²) in [7, 11) is 0. The highest BCUT2D eigenvalue weighted by Crippen LogP contribution is 2.45. The molecule has 0 N–H and O–H groups in total. The van der Waals surface area contributed by atoms with Gasteiger partial charge in [0.15, 0.2) is 0 Å². The van der Waals surface area contributed by atoms with Crippen LogP contribution in [-0.4, -0.2) is 0 Å². The Morgan fingerprint density at radius 3 is 2.52 bits per heavy atom. The molecule has 1 unspecified atom stereocenters. The van der Waals surface area contributed by atoms with Crippen molar-refractivity contribution in [1.82, 2.24) is 0 Å². The Bertz CT molecular complexity index is 916. The van der Waals surface area contributed by atoms with Gasteiger partial charge < -0.3 is 0 Å². The molecule has 0 saturated heterocycles. The quantitative estimate of drug-likeness (QED) is 0.599. The molecule has 0 heterocycles. The molecule has 1 atom stereocenters. The Kier molecular flexibility index (Phi) is 2.09. The summed E-state index contributed by atoms with van der Waals surface area (Å²) in [5.41, 5.74) is 6.93. The van der Waals surface area contributed by atoms with Crippen LogP contribution in [0.25, 0.3) is 22.9 Å². The SMILES string of the molecule is C1=CC(=C2C=Cc3ccc4cccc5c4c3C2C=C5)C=C1. The Labute approximate surface area is 124 Å². The van der Waals surface area contributed by atoms with Crippen LogP contribution >= 0.6 is 0 Å². The van der Waals surface area contributed by atoms with E-state index >= 15 is 0 Å². The summed E-state index contributed by atoms with van der Waals surface area (Å²) in [6.45, 7) is 0. The number of allylic oxidation sites excluding steroid dienone is 8. The number of benzene rings is 2. The van der Waals surface area contributed by atoms with Crippen molar-refractivity contribution in [2.75, 3.05) is 0 Å². The van der Waals surface area contributed by atoms with Gasteiger partial charge in [-0.2, -0.15) is 0 Å². The molecule has 2 aromatic carbocycles. The largest absolute Gasteiger partial charge is 0.0720 e. The molecule has 0 fully saturated rings. The standard InChI is InChI=1S/C21H14/c1-2-5-14(4-1)18-12-10-17-9-8-15-6-3-7-16-11-13-19(18)21(17)20(15)16/h1-13,19H. The normalized spacial score (nSPS) is 20.9. The third-order valence-corrected chi connectivity index (χ3v) is 4.70. The van der Waals surface area contributed by atoms with Gasteiger partial charge in [0.1, 0.15) is 0 Å². The molecule has 0 heteroatoms. The minimum atomic E-state index is 0.381. The van der Waals surface area contributed by atoms with E-state index in [0.29, 0.717) is 5.92 Å². The number of hydrogen-bond acceptors (Lipinski definition) is 0. The lowest BCUT2D eigenvalue weighted by atomic mass is 9.75. The zero-order chi connectivity index (χ0) is 13.8. The third kappa shape index (κ3) is 1.45. The van der Waals surface area contributed by atoms with E-state index in [4.69, 9.17) is 0 Å². The summed E-state index contributed by atoms with van der Waals surface area (Å²) >= 11 is 0. The van der Waals surface area contributed by atoms with Crippen molar-refractivity contribution in [1.29, 1.82) is 0 Å². The molecule has 2 aromatic rings. The maximum atomic E-state index is 2.35. The first-order chi connectivity index (χ1) is 10.4. The summed E-state index contributed by atoms with van der Waals surface area (Å²) in [5.74, 6) is 0.381. The molecule has 0 radical (unpaired) electrons. The molecule has 0 nitrogen and oxygen atoms in total. The molecule has 5 rings (SSSR count). The molecule has 0 bridgehead atoms. The van der Waals surface area contributed by atoms with E-state index in [-0.39, 0.29) is 0 Å². The molecular weight excluding hydrogens is 252 g/mol. The highest BCUT2D eigenvalue weighted by molar-refractivity contribution is 5.99. The van der Waals surface area contributed by atoms with Crippen molar-refractivity contribution in [3.05, 3.63) is 94.6 Å². The summed E-state index contributed by atoms with van der Waals surface area (Å²) in [4.78, 5) is 0. The summed E-state index contributed by atoms with van der Waals surface area (Å²) in [6, 6.07) is 11.1. The Morgan fingerprint density at radius 1 is 0.714 bits per heavy atom. The molecule has 3 aliphatic rings. The first kappa shape index (κ1) is 11.1. The van der Waals surface area contributed by atoms with Gasteiger partial charge >= 0.3 is 0 Å². The molecule has 3 aliphatic carbocycles. The second kappa shape index (κ2) is 3.95. The second-order valence-corrected chi connectivity index (χ2v) is 5.81. The Hall–Kier alpha value is -2.60. The van der Waals surface area contributed by atoms with E-state index in [1.807, 2.05) is 0 Å². The van der Waals surface area contributed by atoms with Crippen LogP contribution in [0.15, 0.2) is 77.9 Å². The second-order valence-electron chi connectivity index (χ2n) is 5.81. The minimum absolute atomic E-state index is 0.381.